The number of hydrogen-bond donors (Lipinski definition) is 0. The Balaban J connectivity index is 1.64. The van der Waals surface area contributed by atoms with Crippen LogP contribution >= 0.6 is 0 Å². The van der Waals surface area contributed by atoms with Crippen LogP contribution in [0.4, 0.5) is 0 Å². The van der Waals surface area contributed by atoms with Gasteiger partial charge in [-0.2, -0.15) is 0 Å². The quantitative estimate of drug-likeness (QED) is 0.226. The van der Waals surface area contributed by atoms with Crippen molar-refractivity contribution in [1.29, 1.82) is 0 Å². The van der Waals surface area contributed by atoms with Crippen LogP contribution < -0.4 is 18.9 Å². The number of benzene rings is 3. The fourth-order valence-electron chi connectivity index (χ4n) is 2.80. The number of methoxy groups -OCH3 is 3. The van der Waals surface area contributed by atoms with Crippen LogP contribution in [-0.2, 0) is 0 Å². The molecule has 0 unspecified atom stereocenters. The monoisotopic (exact) mass is 418 g/mol. The minimum absolute atomic E-state index is 0.178. The lowest BCUT2D eigenvalue weighted by molar-refractivity contribution is 0.0734. The van der Waals surface area contributed by atoms with Crippen LogP contribution in [0.5, 0.6) is 23.0 Å². The second-order valence-electron chi connectivity index (χ2n) is 6.45. The summed E-state index contributed by atoms with van der Waals surface area (Å²) in [6.45, 7) is 0. The molecule has 3 aromatic carbocycles. The third-order valence-electron chi connectivity index (χ3n) is 4.51. The molecule has 0 saturated carbocycles. The molecule has 0 aliphatic carbocycles. The van der Waals surface area contributed by atoms with Crippen molar-refractivity contribution in [3.8, 4) is 23.0 Å². The molecular formula is C25H22O6. The number of ketones is 1. The van der Waals surface area contributed by atoms with Gasteiger partial charge in [-0.3, -0.25) is 4.79 Å². The van der Waals surface area contributed by atoms with Crippen LogP contribution in [0.1, 0.15) is 26.3 Å². The minimum Gasteiger partial charge on any atom is -0.497 e. The Kier molecular flexibility index (Phi) is 7.06. The van der Waals surface area contributed by atoms with E-state index in [9.17, 15) is 9.59 Å². The van der Waals surface area contributed by atoms with Crippen molar-refractivity contribution in [2.45, 2.75) is 0 Å². The highest BCUT2D eigenvalue weighted by Gasteiger charge is 2.10. The van der Waals surface area contributed by atoms with Gasteiger partial charge in [-0.05, 0) is 72.3 Å². The molecule has 0 bridgehead atoms. The third-order valence-corrected chi connectivity index (χ3v) is 4.51. The first kappa shape index (κ1) is 21.6. The molecule has 0 aliphatic heterocycles. The van der Waals surface area contributed by atoms with E-state index in [1.54, 1.807) is 88.1 Å². The largest absolute Gasteiger partial charge is 0.497 e. The third kappa shape index (κ3) is 5.51. The van der Waals surface area contributed by atoms with Crippen molar-refractivity contribution in [2.75, 3.05) is 21.3 Å². The molecule has 6 heteroatoms. The molecular weight excluding hydrogens is 396 g/mol. The van der Waals surface area contributed by atoms with Crippen molar-refractivity contribution in [3.63, 3.8) is 0 Å². The second kappa shape index (κ2) is 10.1. The number of hydrogen-bond acceptors (Lipinski definition) is 6. The lowest BCUT2D eigenvalue weighted by Gasteiger charge is -2.07. The van der Waals surface area contributed by atoms with Crippen LogP contribution in [-0.4, -0.2) is 33.1 Å². The molecule has 0 saturated heterocycles. The standard InChI is InChI=1S/C25H22O6/c1-28-20-10-8-19(9-11-20)25(27)31-21-12-6-18(7-13-21)22(26)14-4-17-5-15-23(29-2)24(16-17)30-3/h4-16H,1-3H3/b14-4+. The maximum absolute atomic E-state index is 12.4. The van der Waals surface area contributed by atoms with Gasteiger partial charge >= 0.3 is 5.97 Å². The average molecular weight is 418 g/mol. The summed E-state index contributed by atoms with van der Waals surface area (Å²) in [6, 6.07) is 18.4. The van der Waals surface area contributed by atoms with Gasteiger partial charge in [0, 0.05) is 5.56 Å². The van der Waals surface area contributed by atoms with Crippen molar-refractivity contribution in [1.82, 2.24) is 0 Å². The van der Waals surface area contributed by atoms with Gasteiger partial charge in [0.05, 0.1) is 26.9 Å². The highest BCUT2D eigenvalue weighted by Crippen LogP contribution is 2.28. The summed E-state index contributed by atoms with van der Waals surface area (Å²) in [7, 11) is 4.67. The van der Waals surface area contributed by atoms with Gasteiger partial charge < -0.3 is 18.9 Å². The number of carbonyl (C=O) groups excluding carboxylic acids is 2. The molecule has 0 amide bonds. The maximum atomic E-state index is 12.4. The van der Waals surface area contributed by atoms with Crippen LogP contribution in [0.15, 0.2) is 72.8 Å². The molecule has 0 aromatic heterocycles. The summed E-state index contributed by atoms with van der Waals surface area (Å²) in [5, 5.41) is 0. The first-order valence-corrected chi connectivity index (χ1v) is 9.45. The molecule has 158 valence electrons. The summed E-state index contributed by atoms with van der Waals surface area (Å²) in [6.07, 6.45) is 3.17. The molecule has 3 rings (SSSR count). The van der Waals surface area contributed by atoms with Crippen molar-refractivity contribution < 1.29 is 28.5 Å². The lowest BCUT2D eigenvalue weighted by atomic mass is 10.1. The Morgan fingerprint density at radius 2 is 1.29 bits per heavy atom. The van der Waals surface area contributed by atoms with Gasteiger partial charge in [-0.15, -0.1) is 0 Å². The summed E-state index contributed by atoms with van der Waals surface area (Å²) in [5.41, 5.74) is 1.68. The first-order chi connectivity index (χ1) is 15.0. The predicted molar refractivity (Wildman–Crippen MR) is 117 cm³/mol. The molecule has 0 spiro atoms. The molecule has 0 radical (unpaired) electrons. The SMILES string of the molecule is COc1ccc(C(=O)Oc2ccc(C(=O)/C=C/c3ccc(OC)c(OC)c3)cc2)cc1. The van der Waals surface area contributed by atoms with Crippen molar-refractivity contribution in [3.05, 3.63) is 89.5 Å². The normalized spacial score (nSPS) is 10.5. The molecule has 0 heterocycles. The molecule has 3 aromatic rings. The Labute approximate surface area is 180 Å². The molecule has 31 heavy (non-hydrogen) atoms. The van der Waals surface area contributed by atoms with Gasteiger partial charge in [-0.25, -0.2) is 4.79 Å². The van der Waals surface area contributed by atoms with Gasteiger partial charge in [0.2, 0.25) is 0 Å². The number of carbonyl (C=O) groups is 2. The average Bonchev–Trinajstić information content (AvgIpc) is 2.82. The van der Waals surface area contributed by atoms with Crippen LogP contribution in [0.2, 0.25) is 0 Å². The first-order valence-electron chi connectivity index (χ1n) is 9.45. The predicted octanol–water partition coefficient (Wildman–Crippen LogP) is 4.83. The fourth-order valence-corrected chi connectivity index (χ4v) is 2.80. The van der Waals surface area contributed by atoms with E-state index < -0.39 is 5.97 Å². The maximum Gasteiger partial charge on any atom is 0.343 e. The van der Waals surface area contributed by atoms with E-state index in [4.69, 9.17) is 18.9 Å². The van der Waals surface area contributed by atoms with E-state index in [0.29, 0.717) is 34.1 Å². The zero-order chi connectivity index (χ0) is 22.2. The number of allylic oxidation sites excluding steroid dienone is 1. The molecule has 0 atom stereocenters. The van der Waals surface area contributed by atoms with E-state index in [0.717, 1.165) is 5.56 Å². The summed E-state index contributed by atoms with van der Waals surface area (Å²) >= 11 is 0. The van der Waals surface area contributed by atoms with Gasteiger partial charge in [0.1, 0.15) is 11.5 Å². The van der Waals surface area contributed by atoms with Gasteiger partial charge in [0.25, 0.3) is 0 Å². The summed E-state index contributed by atoms with van der Waals surface area (Å²) in [5.74, 6) is 1.53. The Hall–Kier alpha value is -4.06. The zero-order valence-corrected chi connectivity index (χ0v) is 17.5. The van der Waals surface area contributed by atoms with Crippen molar-refractivity contribution >= 4 is 17.8 Å². The highest BCUT2D eigenvalue weighted by molar-refractivity contribution is 6.07. The Morgan fingerprint density at radius 1 is 0.677 bits per heavy atom. The molecule has 0 aliphatic rings. The van der Waals surface area contributed by atoms with Crippen LogP contribution in [0.3, 0.4) is 0 Å². The van der Waals surface area contributed by atoms with E-state index >= 15 is 0 Å². The van der Waals surface area contributed by atoms with Crippen molar-refractivity contribution in [2.24, 2.45) is 0 Å². The number of esters is 1. The number of rotatable bonds is 8. The molecule has 0 N–H and O–H groups in total. The summed E-state index contributed by atoms with van der Waals surface area (Å²) in [4.78, 5) is 24.7. The Bertz CT molecular complexity index is 1080. The summed E-state index contributed by atoms with van der Waals surface area (Å²) < 4.78 is 20.9. The smallest absolute Gasteiger partial charge is 0.343 e. The van der Waals surface area contributed by atoms with Crippen LogP contribution in [0.25, 0.3) is 6.08 Å². The topological polar surface area (TPSA) is 71.1 Å². The Morgan fingerprint density at radius 3 is 1.90 bits per heavy atom. The second-order valence-corrected chi connectivity index (χ2v) is 6.45. The van der Waals surface area contributed by atoms with E-state index in [2.05, 4.69) is 0 Å². The van der Waals surface area contributed by atoms with E-state index in [-0.39, 0.29) is 5.78 Å². The van der Waals surface area contributed by atoms with Crippen LogP contribution in [0, 0.1) is 0 Å². The zero-order valence-electron chi connectivity index (χ0n) is 17.5. The number of ether oxygens (including phenoxy) is 4. The lowest BCUT2D eigenvalue weighted by Crippen LogP contribution is -2.08. The van der Waals surface area contributed by atoms with Gasteiger partial charge in [0.15, 0.2) is 17.3 Å². The fraction of sp³-hybridized carbons (Fsp3) is 0.120. The van der Waals surface area contributed by atoms with E-state index in [1.807, 2.05) is 6.07 Å². The molecule has 0 fully saturated rings. The molecule has 6 nitrogen and oxygen atoms in total. The van der Waals surface area contributed by atoms with Gasteiger partial charge in [-0.1, -0.05) is 12.1 Å². The van der Waals surface area contributed by atoms with E-state index in [1.165, 1.54) is 6.08 Å². The minimum atomic E-state index is -0.491. The highest BCUT2D eigenvalue weighted by atomic mass is 16.5.